The molecule has 4 saturated carbocycles. The van der Waals surface area contributed by atoms with Crippen LogP contribution in [0, 0.1) is 23.7 Å². The highest BCUT2D eigenvalue weighted by Gasteiger charge is 2.50. The summed E-state index contributed by atoms with van der Waals surface area (Å²) in [4.78, 5) is 14.6. The Labute approximate surface area is 123 Å². The molecule has 0 aromatic heterocycles. The molecule has 1 amide bonds. The second-order valence-corrected chi connectivity index (χ2v) is 7.78. The Morgan fingerprint density at radius 1 is 1.10 bits per heavy atom. The van der Waals surface area contributed by atoms with Gasteiger partial charge in [-0.1, -0.05) is 13.8 Å². The van der Waals surface area contributed by atoms with Gasteiger partial charge in [0, 0.05) is 32.1 Å². The third-order valence-electron chi connectivity index (χ3n) is 5.91. The molecule has 4 aliphatic rings. The SMILES string of the molecule is CC(C)NCCC(=O)N(C)C1C2CC3CC(C2)CC1C3. The summed E-state index contributed by atoms with van der Waals surface area (Å²) in [6.45, 7) is 5.08. The number of amides is 1. The zero-order valence-electron chi connectivity index (χ0n) is 13.3. The Morgan fingerprint density at radius 3 is 2.15 bits per heavy atom. The van der Waals surface area contributed by atoms with Crippen LogP contribution in [0.15, 0.2) is 0 Å². The van der Waals surface area contributed by atoms with Crippen LogP contribution in [0.4, 0.5) is 0 Å². The Kier molecular flexibility index (Phi) is 4.07. The second kappa shape index (κ2) is 5.67. The predicted molar refractivity (Wildman–Crippen MR) is 81.4 cm³/mol. The zero-order chi connectivity index (χ0) is 14.3. The molecule has 20 heavy (non-hydrogen) atoms. The minimum absolute atomic E-state index is 0.343. The van der Waals surface area contributed by atoms with E-state index in [1.54, 1.807) is 0 Å². The van der Waals surface area contributed by atoms with E-state index in [0.717, 1.165) is 30.2 Å². The number of nitrogens with zero attached hydrogens (tertiary/aromatic N) is 1. The first-order valence-corrected chi connectivity index (χ1v) is 8.53. The van der Waals surface area contributed by atoms with Crippen molar-refractivity contribution in [3.8, 4) is 0 Å². The van der Waals surface area contributed by atoms with Crippen LogP contribution in [0.2, 0.25) is 0 Å². The number of hydrogen-bond donors (Lipinski definition) is 1. The van der Waals surface area contributed by atoms with Crippen molar-refractivity contribution in [3.05, 3.63) is 0 Å². The van der Waals surface area contributed by atoms with E-state index in [0.29, 0.717) is 24.4 Å². The predicted octanol–water partition coefficient (Wildman–Crippen LogP) is 2.66. The molecule has 0 spiro atoms. The lowest BCUT2D eigenvalue weighted by Crippen LogP contribution is -2.56. The summed E-state index contributed by atoms with van der Waals surface area (Å²) in [6, 6.07) is 1.02. The van der Waals surface area contributed by atoms with E-state index in [9.17, 15) is 4.79 Å². The molecule has 114 valence electrons. The lowest BCUT2D eigenvalue weighted by atomic mass is 9.54. The van der Waals surface area contributed by atoms with Gasteiger partial charge in [-0.25, -0.2) is 0 Å². The van der Waals surface area contributed by atoms with Gasteiger partial charge in [0.25, 0.3) is 0 Å². The summed E-state index contributed by atoms with van der Waals surface area (Å²) in [5.41, 5.74) is 0. The number of carbonyl (C=O) groups excluding carboxylic acids is 1. The van der Waals surface area contributed by atoms with E-state index in [1.165, 1.54) is 32.1 Å². The first kappa shape index (κ1) is 14.4. The van der Waals surface area contributed by atoms with E-state index in [-0.39, 0.29) is 0 Å². The van der Waals surface area contributed by atoms with Crippen molar-refractivity contribution in [2.75, 3.05) is 13.6 Å². The van der Waals surface area contributed by atoms with E-state index in [1.807, 2.05) is 0 Å². The van der Waals surface area contributed by atoms with Crippen LogP contribution in [0.1, 0.15) is 52.4 Å². The van der Waals surface area contributed by atoms with Gasteiger partial charge in [-0.2, -0.15) is 0 Å². The summed E-state index contributed by atoms with van der Waals surface area (Å²) < 4.78 is 0. The molecule has 1 N–H and O–H groups in total. The summed E-state index contributed by atoms with van der Waals surface area (Å²) >= 11 is 0. The normalized spacial score (nSPS) is 38.5. The van der Waals surface area contributed by atoms with Gasteiger partial charge in [-0.05, 0) is 55.8 Å². The molecule has 4 rings (SSSR count). The molecule has 0 aromatic carbocycles. The highest BCUT2D eigenvalue weighted by molar-refractivity contribution is 5.76. The molecular formula is C17H30N2O. The maximum Gasteiger partial charge on any atom is 0.223 e. The molecule has 3 heteroatoms. The second-order valence-electron chi connectivity index (χ2n) is 7.78. The van der Waals surface area contributed by atoms with Gasteiger partial charge < -0.3 is 10.2 Å². The average Bonchev–Trinajstić information content (AvgIpc) is 2.36. The van der Waals surface area contributed by atoms with Crippen LogP contribution in [-0.4, -0.2) is 36.5 Å². The van der Waals surface area contributed by atoms with Crippen LogP contribution >= 0.6 is 0 Å². The molecule has 4 bridgehead atoms. The van der Waals surface area contributed by atoms with Gasteiger partial charge in [0.15, 0.2) is 0 Å². The van der Waals surface area contributed by atoms with Crippen molar-refractivity contribution < 1.29 is 4.79 Å². The monoisotopic (exact) mass is 278 g/mol. The average molecular weight is 278 g/mol. The lowest BCUT2D eigenvalue weighted by Gasteiger charge is -2.56. The van der Waals surface area contributed by atoms with Crippen LogP contribution in [0.3, 0.4) is 0 Å². The summed E-state index contributed by atoms with van der Waals surface area (Å²) in [6.07, 6.45) is 7.69. The first-order chi connectivity index (χ1) is 9.54. The quantitative estimate of drug-likeness (QED) is 0.838. The fourth-order valence-electron chi connectivity index (χ4n) is 5.34. The standard InChI is InChI=1S/C17H30N2O/c1-11(2)18-5-4-16(20)19(3)17-14-7-12-6-13(9-14)10-15(17)8-12/h11-15,17-18H,4-10H2,1-3H3. The van der Waals surface area contributed by atoms with Crippen molar-refractivity contribution in [1.82, 2.24) is 10.2 Å². The molecule has 0 aliphatic heterocycles. The molecule has 0 aromatic rings. The van der Waals surface area contributed by atoms with Gasteiger partial charge >= 0.3 is 0 Å². The number of nitrogens with one attached hydrogen (secondary N) is 1. The Morgan fingerprint density at radius 2 is 1.65 bits per heavy atom. The van der Waals surface area contributed by atoms with E-state index < -0.39 is 0 Å². The fraction of sp³-hybridized carbons (Fsp3) is 0.941. The van der Waals surface area contributed by atoms with E-state index in [4.69, 9.17) is 0 Å². The van der Waals surface area contributed by atoms with Gasteiger partial charge in [-0.15, -0.1) is 0 Å². The Bertz CT molecular complexity index is 338. The third-order valence-corrected chi connectivity index (χ3v) is 5.91. The van der Waals surface area contributed by atoms with Crippen LogP contribution in [-0.2, 0) is 4.79 Å². The van der Waals surface area contributed by atoms with Gasteiger partial charge in [-0.3, -0.25) is 4.79 Å². The third kappa shape index (κ3) is 2.74. The fourth-order valence-corrected chi connectivity index (χ4v) is 5.34. The molecule has 4 aliphatic carbocycles. The van der Waals surface area contributed by atoms with Gasteiger partial charge in [0.2, 0.25) is 5.91 Å². The summed E-state index contributed by atoms with van der Waals surface area (Å²) in [5, 5.41) is 3.35. The maximum absolute atomic E-state index is 12.4. The van der Waals surface area contributed by atoms with Crippen LogP contribution in [0.25, 0.3) is 0 Å². The maximum atomic E-state index is 12.4. The molecular weight excluding hydrogens is 248 g/mol. The van der Waals surface area contributed by atoms with Gasteiger partial charge in [0.1, 0.15) is 0 Å². The highest BCUT2D eigenvalue weighted by atomic mass is 16.2. The Balaban J connectivity index is 1.57. The summed E-state index contributed by atoms with van der Waals surface area (Å²) in [5.74, 6) is 3.92. The largest absolute Gasteiger partial charge is 0.342 e. The lowest BCUT2D eigenvalue weighted by molar-refractivity contribution is -0.141. The zero-order valence-corrected chi connectivity index (χ0v) is 13.3. The Hall–Kier alpha value is -0.570. The van der Waals surface area contributed by atoms with Crippen molar-refractivity contribution in [2.24, 2.45) is 23.7 Å². The minimum Gasteiger partial charge on any atom is -0.342 e. The molecule has 0 unspecified atom stereocenters. The summed E-state index contributed by atoms with van der Waals surface area (Å²) in [7, 11) is 2.06. The molecule has 4 fully saturated rings. The topological polar surface area (TPSA) is 32.3 Å². The van der Waals surface area contributed by atoms with Crippen LogP contribution in [0.5, 0.6) is 0 Å². The number of rotatable bonds is 5. The molecule has 0 heterocycles. The molecule has 0 atom stereocenters. The van der Waals surface area contributed by atoms with Gasteiger partial charge in [0.05, 0.1) is 0 Å². The number of hydrogen-bond acceptors (Lipinski definition) is 2. The van der Waals surface area contributed by atoms with Crippen molar-refractivity contribution in [2.45, 2.75) is 64.5 Å². The highest BCUT2D eigenvalue weighted by Crippen LogP contribution is 2.54. The smallest absolute Gasteiger partial charge is 0.223 e. The minimum atomic E-state index is 0.343. The van der Waals surface area contributed by atoms with Crippen molar-refractivity contribution in [1.29, 1.82) is 0 Å². The first-order valence-electron chi connectivity index (χ1n) is 8.53. The molecule has 3 nitrogen and oxygen atoms in total. The van der Waals surface area contributed by atoms with Crippen LogP contribution < -0.4 is 5.32 Å². The molecule has 0 saturated heterocycles. The van der Waals surface area contributed by atoms with E-state index in [2.05, 4.69) is 31.1 Å². The molecule has 0 radical (unpaired) electrons. The van der Waals surface area contributed by atoms with Crippen molar-refractivity contribution in [3.63, 3.8) is 0 Å². The number of carbonyl (C=O) groups is 1. The van der Waals surface area contributed by atoms with E-state index >= 15 is 0 Å². The van der Waals surface area contributed by atoms with Crippen molar-refractivity contribution >= 4 is 5.91 Å².